The zero-order chi connectivity index (χ0) is 13.6. The summed E-state index contributed by atoms with van der Waals surface area (Å²) in [6, 6.07) is 3.15. The maximum absolute atomic E-state index is 12.1. The summed E-state index contributed by atoms with van der Waals surface area (Å²) in [5.41, 5.74) is 0.548. The summed E-state index contributed by atoms with van der Waals surface area (Å²) in [7, 11) is -3.49. The first-order valence-corrected chi connectivity index (χ1v) is 7.28. The maximum Gasteiger partial charge on any atom is 0.218 e. The van der Waals surface area contributed by atoms with Gasteiger partial charge in [0, 0.05) is 19.3 Å². The van der Waals surface area contributed by atoms with Crippen molar-refractivity contribution >= 4 is 21.6 Å². The van der Waals surface area contributed by atoms with Crippen molar-refractivity contribution in [1.82, 2.24) is 9.29 Å². The molecule has 0 aromatic carbocycles. The van der Waals surface area contributed by atoms with E-state index in [0.29, 0.717) is 10.7 Å². The summed E-state index contributed by atoms with van der Waals surface area (Å²) in [6.07, 6.45) is 2.90. The number of halogens is 1. The SMILES string of the molecule is C=CCN(CCO)S(=O)(=O)Cc1ccc(Cl)nc1. The van der Waals surface area contributed by atoms with Crippen LogP contribution in [0.2, 0.25) is 5.15 Å². The molecule has 0 bridgehead atoms. The van der Waals surface area contributed by atoms with Gasteiger partial charge >= 0.3 is 0 Å². The minimum absolute atomic E-state index is 0.0510. The first-order valence-electron chi connectivity index (χ1n) is 5.29. The molecule has 7 heteroatoms. The summed E-state index contributed by atoms with van der Waals surface area (Å²) in [5.74, 6) is -0.176. The lowest BCUT2D eigenvalue weighted by atomic mass is 10.3. The molecule has 0 amide bonds. The third kappa shape index (κ3) is 4.38. The maximum atomic E-state index is 12.1. The van der Waals surface area contributed by atoms with E-state index in [9.17, 15) is 8.42 Å². The van der Waals surface area contributed by atoms with Crippen molar-refractivity contribution in [3.05, 3.63) is 41.7 Å². The highest BCUT2D eigenvalue weighted by molar-refractivity contribution is 7.88. The van der Waals surface area contributed by atoms with Crippen LogP contribution in [0.3, 0.4) is 0 Å². The molecule has 0 saturated heterocycles. The first kappa shape index (κ1) is 15.1. The monoisotopic (exact) mass is 290 g/mol. The van der Waals surface area contributed by atoms with Crippen LogP contribution in [-0.4, -0.2) is 42.5 Å². The van der Waals surface area contributed by atoms with Gasteiger partial charge in [0.05, 0.1) is 12.4 Å². The standard InChI is InChI=1S/C11H15ClN2O3S/c1-2-5-14(6-7-15)18(16,17)9-10-3-4-11(12)13-8-10/h2-4,8,15H,1,5-7,9H2. The van der Waals surface area contributed by atoms with Gasteiger partial charge in [-0.3, -0.25) is 0 Å². The van der Waals surface area contributed by atoms with Crippen molar-refractivity contribution in [1.29, 1.82) is 0 Å². The van der Waals surface area contributed by atoms with Crippen LogP contribution >= 0.6 is 11.6 Å². The van der Waals surface area contributed by atoms with E-state index in [-0.39, 0.29) is 25.4 Å². The van der Waals surface area contributed by atoms with E-state index in [2.05, 4.69) is 11.6 Å². The average molecular weight is 291 g/mol. The van der Waals surface area contributed by atoms with E-state index in [1.165, 1.54) is 22.6 Å². The van der Waals surface area contributed by atoms with Crippen molar-refractivity contribution in [3.63, 3.8) is 0 Å². The van der Waals surface area contributed by atoms with E-state index in [0.717, 1.165) is 0 Å². The Bertz CT molecular complexity index is 488. The number of aliphatic hydroxyl groups excluding tert-OH is 1. The molecule has 1 heterocycles. The lowest BCUT2D eigenvalue weighted by molar-refractivity contribution is 0.260. The predicted octanol–water partition coefficient (Wildman–Crippen LogP) is 1.05. The minimum atomic E-state index is -3.49. The fraction of sp³-hybridized carbons (Fsp3) is 0.364. The molecule has 1 aromatic heterocycles. The molecule has 0 fully saturated rings. The minimum Gasteiger partial charge on any atom is -0.395 e. The number of pyridine rings is 1. The number of aliphatic hydroxyl groups is 1. The zero-order valence-electron chi connectivity index (χ0n) is 9.79. The van der Waals surface area contributed by atoms with Gasteiger partial charge in [0.1, 0.15) is 5.15 Å². The lowest BCUT2D eigenvalue weighted by Crippen LogP contribution is -2.34. The Morgan fingerprint density at radius 3 is 2.72 bits per heavy atom. The summed E-state index contributed by atoms with van der Waals surface area (Å²) in [6.45, 7) is 3.49. The molecular formula is C11H15ClN2O3S. The fourth-order valence-electron chi connectivity index (χ4n) is 1.39. The van der Waals surface area contributed by atoms with Crippen molar-refractivity contribution in [2.75, 3.05) is 19.7 Å². The summed E-state index contributed by atoms with van der Waals surface area (Å²) >= 11 is 5.63. The van der Waals surface area contributed by atoms with Gasteiger partial charge in [0.25, 0.3) is 0 Å². The van der Waals surface area contributed by atoms with Gasteiger partial charge in [-0.05, 0) is 11.6 Å². The number of rotatable bonds is 7. The number of sulfonamides is 1. The number of hydrogen-bond acceptors (Lipinski definition) is 4. The van der Waals surface area contributed by atoms with E-state index < -0.39 is 10.0 Å². The van der Waals surface area contributed by atoms with E-state index in [1.54, 1.807) is 6.07 Å². The number of aromatic nitrogens is 1. The Morgan fingerprint density at radius 2 is 2.22 bits per heavy atom. The van der Waals surface area contributed by atoms with Crippen LogP contribution in [-0.2, 0) is 15.8 Å². The van der Waals surface area contributed by atoms with E-state index in [4.69, 9.17) is 16.7 Å². The van der Waals surface area contributed by atoms with Crippen molar-refractivity contribution < 1.29 is 13.5 Å². The Kier molecular flexibility index (Phi) is 5.74. The van der Waals surface area contributed by atoms with Crippen molar-refractivity contribution in [2.45, 2.75) is 5.75 Å². The van der Waals surface area contributed by atoms with Gasteiger partial charge in [-0.1, -0.05) is 23.7 Å². The second kappa shape index (κ2) is 6.84. The summed E-state index contributed by atoms with van der Waals surface area (Å²) in [5, 5.41) is 9.17. The van der Waals surface area contributed by atoms with Gasteiger partial charge in [0.15, 0.2) is 0 Å². The van der Waals surface area contributed by atoms with E-state index >= 15 is 0 Å². The zero-order valence-corrected chi connectivity index (χ0v) is 11.4. The molecule has 1 rings (SSSR count). The van der Waals surface area contributed by atoms with Crippen LogP contribution in [0.15, 0.2) is 31.0 Å². The van der Waals surface area contributed by atoms with Crippen LogP contribution in [0, 0.1) is 0 Å². The molecule has 100 valence electrons. The summed E-state index contributed by atoms with van der Waals surface area (Å²) in [4.78, 5) is 3.83. The number of hydrogen-bond donors (Lipinski definition) is 1. The smallest absolute Gasteiger partial charge is 0.218 e. The average Bonchev–Trinajstić information content (AvgIpc) is 2.32. The van der Waals surface area contributed by atoms with Crippen LogP contribution in [0.5, 0.6) is 0 Å². The first-order chi connectivity index (χ1) is 8.49. The van der Waals surface area contributed by atoms with Crippen molar-refractivity contribution in [2.24, 2.45) is 0 Å². The molecule has 5 nitrogen and oxygen atoms in total. The van der Waals surface area contributed by atoms with Gasteiger partial charge in [-0.2, -0.15) is 4.31 Å². The molecular weight excluding hydrogens is 276 g/mol. The largest absolute Gasteiger partial charge is 0.395 e. The van der Waals surface area contributed by atoms with Gasteiger partial charge in [-0.15, -0.1) is 6.58 Å². The molecule has 0 atom stereocenters. The Hall–Kier alpha value is -0.950. The van der Waals surface area contributed by atoms with Gasteiger partial charge < -0.3 is 5.11 Å². The molecule has 0 spiro atoms. The molecule has 1 aromatic rings. The Labute approximate surface area is 112 Å². The van der Waals surface area contributed by atoms with Crippen LogP contribution in [0.25, 0.3) is 0 Å². The number of nitrogens with zero attached hydrogens (tertiary/aromatic N) is 2. The van der Waals surface area contributed by atoms with Crippen LogP contribution in [0.1, 0.15) is 5.56 Å². The molecule has 0 aliphatic heterocycles. The third-order valence-electron chi connectivity index (χ3n) is 2.21. The summed E-state index contributed by atoms with van der Waals surface area (Å²) < 4.78 is 25.3. The second-order valence-corrected chi connectivity index (χ2v) is 5.97. The highest BCUT2D eigenvalue weighted by Gasteiger charge is 2.20. The quantitative estimate of drug-likeness (QED) is 0.602. The molecule has 0 saturated carbocycles. The normalized spacial score (nSPS) is 11.7. The van der Waals surface area contributed by atoms with Crippen LogP contribution < -0.4 is 0 Å². The molecule has 0 radical (unpaired) electrons. The highest BCUT2D eigenvalue weighted by atomic mass is 35.5. The molecule has 1 N–H and O–H groups in total. The van der Waals surface area contributed by atoms with Gasteiger partial charge in [-0.25, -0.2) is 13.4 Å². The Balaban J connectivity index is 2.84. The van der Waals surface area contributed by atoms with E-state index in [1.807, 2.05) is 0 Å². The van der Waals surface area contributed by atoms with Gasteiger partial charge in [0.2, 0.25) is 10.0 Å². The molecule has 0 unspecified atom stereocenters. The predicted molar refractivity (Wildman–Crippen MR) is 70.7 cm³/mol. The molecule has 0 aliphatic carbocycles. The lowest BCUT2D eigenvalue weighted by Gasteiger charge is -2.19. The second-order valence-electron chi connectivity index (χ2n) is 3.62. The Morgan fingerprint density at radius 1 is 1.50 bits per heavy atom. The third-order valence-corrected chi connectivity index (χ3v) is 4.25. The van der Waals surface area contributed by atoms with Crippen LogP contribution in [0.4, 0.5) is 0 Å². The molecule has 0 aliphatic rings. The highest BCUT2D eigenvalue weighted by Crippen LogP contribution is 2.12. The topological polar surface area (TPSA) is 70.5 Å². The fourth-order valence-corrected chi connectivity index (χ4v) is 2.97. The van der Waals surface area contributed by atoms with Crippen molar-refractivity contribution in [3.8, 4) is 0 Å². The molecule has 18 heavy (non-hydrogen) atoms.